The number of halogens is 2. The Kier molecular flexibility index (Phi) is 4.03. The standard InChI is InChI=1S/C20H21BrClN/c1-20-10-9-16-15(7-8-18(21)19(16)22)17(20)12-23(13-20)11-14-5-3-2-4-6-14/h2-8,17H,9-13H2,1H3/t17-,20+/m1/s1. The molecule has 2 aliphatic rings. The Morgan fingerprint density at radius 2 is 2.00 bits per heavy atom. The molecular weight excluding hydrogens is 370 g/mol. The van der Waals surface area contributed by atoms with E-state index in [9.17, 15) is 0 Å². The van der Waals surface area contributed by atoms with Gasteiger partial charge in [0.05, 0.1) is 5.02 Å². The number of nitrogens with zero attached hydrogens (tertiary/aromatic N) is 1. The summed E-state index contributed by atoms with van der Waals surface area (Å²) in [5, 5.41) is 0.922. The molecule has 1 nitrogen and oxygen atoms in total. The van der Waals surface area contributed by atoms with Crippen molar-refractivity contribution in [2.24, 2.45) is 5.41 Å². The number of rotatable bonds is 2. The van der Waals surface area contributed by atoms with Gasteiger partial charge in [-0.2, -0.15) is 0 Å². The highest BCUT2D eigenvalue weighted by atomic mass is 79.9. The highest BCUT2D eigenvalue weighted by molar-refractivity contribution is 9.10. The summed E-state index contributed by atoms with van der Waals surface area (Å²) >= 11 is 10.1. The molecule has 0 bridgehead atoms. The summed E-state index contributed by atoms with van der Waals surface area (Å²) < 4.78 is 1.03. The first kappa shape index (κ1) is 15.7. The second kappa shape index (κ2) is 5.91. The fourth-order valence-electron chi connectivity index (χ4n) is 4.45. The lowest BCUT2D eigenvalue weighted by molar-refractivity contribution is 0.240. The average Bonchev–Trinajstić information content (AvgIpc) is 2.88. The van der Waals surface area contributed by atoms with Crippen molar-refractivity contribution >= 4 is 27.5 Å². The lowest BCUT2D eigenvalue weighted by atomic mass is 9.67. The van der Waals surface area contributed by atoms with Crippen molar-refractivity contribution in [3.63, 3.8) is 0 Å². The molecule has 0 unspecified atom stereocenters. The van der Waals surface area contributed by atoms with Crippen LogP contribution in [0.5, 0.6) is 0 Å². The van der Waals surface area contributed by atoms with E-state index in [1.54, 1.807) is 0 Å². The molecule has 2 atom stereocenters. The van der Waals surface area contributed by atoms with E-state index in [1.807, 2.05) is 0 Å². The predicted molar refractivity (Wildman–Crippen MR) is 100 cm³/mol. The van der Waals surface area contributed by atoms with Gasteiger partial charge in [-0.15, -0.1) is 0 Å². The second-order valence-corrected chi connectivity index (χ2v) is 8.52. The molecule has 0 spiro atoms. The summed E-state index contributed by atoms with van der Waals surface area (Å²) in [5.41, 5.74) is 4.62. The lowest BCUT2D eigenvalue weighted by Crippen LogP contribution is -2.30. The van der Waals surface area contributed by atoms with E-state index in [4.69, 9.17) is 11.6 Å². The summed E-state index contributed by atoms with van der Waals surface area (Å²) in [5.74, 6) is 0.598. The van der Waals surface area contributed by atoms with E-state index in [-0.39, 0.29) is 0 Å². The highest BCUT2D eigenvalue weighted by Crippen LogP contribution is 2.52. The van der Waals surface area contributed by atoms with Crippen molar-refractivity contribution in [1.82, 2.24) is 4.90 Å². The summed E-state index contributed by atoms with van der Waals surface area (Å²) in [4.78, 5) is 2.62. The fourth-order valence-corrected chi connectivity index (χ4v) is 5.09. The molecule has 4 rings (SSSR count). The Morgan fingerprint density at radius 1 is 1.22 bits per heavy atom. The second-order valence-electron chi connectivity index (χ2n) is 7.29. The quantitative estimate of drug-likeness (QED) is 0.640. The molecule has 1 fully saturated rings. The number of hydrogen-bond donors (Lipinski definition) is 0. The van der Waals surface area contributed by atoms with Gasteiger partial charge in [0, 0.05) is 30.0 Å². The maximum atomic E-state index is 6.55. The molecule has 1 aliphatic heterocycles. The first-order valence-corrected chi connectivity index (χ1v) is 9.47. The van der Waals surface area contributed by atoms with Crippen LogP contribution in [-0.2, 0) is 13.0 Å². The van der Waals surface area contributed by atoms with E-state index in [2.05, 4.69) is 70.2 Å². The van der Waals surface area contributed by atoms with Crippen molar-refractivity contribution in [3.8, 4) is 0 Å². The van der Waals surface area contributed by atoms with Crippen LogP contribution in [0.4, 0.5) is 0 Å². The molecule has 2 aromatic carbocycles. The molecule has 1 saturated heterocycles. The zero-order valence-corrected chi connectivity index (χ0v) is 15.7. The van der Waals surface area contributed by atoms with Gasteiger partial charge >= 0.3 is 0 Å². The van der Waals surface area contributed by atoms with Gasteiger partial charge in [0.15, 0.2) is 0 Å². The van der Waals surface area contributed by atoms with Crippen LogP contribution < -0.4 is 0 Å². The Hall–Kier alpha value is -0.830. The van der Waals surface area contributed by atoms with Crippen molar-refractivity contribution in [1.29, 1.82) is 0 Å². The van der Waals surface area contributed by atoms with Gasteiger partial charge in [0.2, 0.25) is 0 Å². The Labute approximate surface area is 151 Å². The molecule has 1 heterocycles. The lowest BCUT2D eigenvalue weighted by Gasteiger charge is -2.37. The number of likely N-dealkylation sites (tertiary alicyclic amines) is 1. The van der Waals surface area contributed by atoms with Gasteiger partial charge < -0.3 is 0 Å². The Morgan fingerprint density at radius 3 is 2.78 bits per heavy atom. The van der Waals surface area contributed by atoms with Gasteiger partial charge in [0.25, 0.3) is 0 Å². The SMILES string of the molecule is C[C@@]12CCc3c(ccc(Br)c3Cl)[C@H]1CN(Cc1ccccc1)C2. The van der Waals surface area contributed by atoms with Crippen LogP contribution in [0.2, 0.25) is 5.02 Å². The van der Waals surface area contributed by atoms with Crippen LogP contribution in [0.25, 0.3) is 0 Å². The molecule has 23 heavy (non-hydrogen) atoms. The van der Waals surface area contributed by atoms with Gasteiger partial charge in [0.1, 0.15) is 0 Å². The molecule has 120 valence electrons. The van der Waals surface area contributed by atoms with Crippen LogP contribution in [0, 0.1) is 5.41 Å². The molecule has 3 heteroatoms. The monoisotopic (exact) mass is 389 g/mol. The molecule has 0 saturated carbocycles. The zero-order chi connectivity index (χ0) is 16.0. The van der Waals surface area contributed by atoms with Crippen LogP contribution in [0.3, 0.4) is 0 Å². The van der Waals surface area contributed by atoms with Crippen molar-refractivity contribution < 1.29 is 0 Å². The van der Waals surface area contributed by atoms with Gasteiger partial charge in [-0.25, -0.2) is 0 Å². The maximum Gasteiger partial charge on any atom is 0.0582 e. The number of hydrogen-bond acceptors (Lipinski definition) is 1. The molecule has 1 aliphatic carbocycles. The van der Waals surface area contributed by atoms with Crippen LogP contribution >= 0.6 is 27.5 Å². The van der Waals surface area contributed by atoms with Gasteiger partial charge in [-0.05, 0) is 56.9 Å². The average molecular weight is 391 g/mol. The molecule has 0 radical (unpaired) electrons. The minimum absolute atomic E-state index is 0.374. The predicted octanol–water partition coefficient (Wildman–Crippen LogP) is 5.65. The van der Waals surface area contributed by atoms with E-state index in [1.165, 1.54) is 29.7 Å². The van der Waals surface area contributed by atoms with Gasteiger partial charge in [-0.1, -0.05) is 54.9 Å². The summed E-state index contributed by atoms with van der Waals surface area (Å²) in [6, 6.07) is 15.2. The molecule has 2 aromatic rings. The summed E-state index contributed by atoms with van der Waals surface area (Å²) in [7, 11) is 0. The Balaban J connectivity index is 1.63. The van der Waals surface area contributed by atoms with Crippen molar-refractivity contribution in [2.75, 3.05) is 13.1 Å². The topological polar surface area (TPSA) is 3.24 Å². The number of benzene rings is 2. The molecule has 0 N–H and O–H groups in total. The molecule has 0 amide bonds. The summed E-state index contributed by atoms with van der Waals surface area (Å²) in [6.45, 7) is 5.82. The van der Waals surface area contributed by atoms with E-state index in [0.717, 1.165) is 29.0 Å². The minimum Gasteiger partial charge on any atom is -0.298 e. The molecular formula is C20H21BrClN. The largest absolute Gasteiger partial charge is 0.298 e. The van der Waals surface area contributed by atoms with E-state index < -0.39 is 0 Å². The Bertz CT molecular complexity index is 730. The molecule has 0 aromatic heterocycles. The minimum atomic E-state index is 0.374. The first-order valence-electron chi connectivity index (χ1n) is 8.30. The third-order valence-corrected chi connectivity index (χ3v) is 6.99. The van der Waals surface area contributed by atoms with Gasteiger partial charge in [-0.3, -0.25) is 4.90 Å². The normalized spacial score (nSPS) is 26.8. The third kappa shape index (κ3) is 2.75. The number of fused-ring (bicyclic) bond motifs is 3. The summed E-state index contributed by atoms with van der Waals surface area (Å²) in [6.07, 6.45) is 2.33. The fraction of sp³-hybridized carbons (Fsp3) is 0.400. The van der Waals surface area contributed by atoms with Crippen molar-refractivity contribution in [2.45, 2.75) is 32.2 Å². The highest BCUT2D eigenvalue weighted by Gasteiger charge is 2.46. The first-order chi connectivity index (χ1) is 11.1. The van der Waals surface area contributed by atoms with Crippen molar-refractivity contribution in [3.05, 3.63) is 68.7 Å². The zero-order valence-electron chi connectivity index (χ0n) is 13.4. The van der Waals surface area contributed by atoms with E-state index >= 15 is 0 Å². The van der Waals surface area contributed by atoms with Crippen LogP contribution in [0.1, 0.15) is 36.0 Å². The third-order valence-electron chi connectivity index (χ3n) is 5.67. The maximum absolute atomic E-state index is 6.55. The van der Waals surface area contributed by atoms with Crippen LogP contribution in [-0.4, -0.2) is 18.0 Å². The van der Waals surface area contributed by atoms with E-state index in [0.29, 0.717) is 11.3 Å². The van der Waals surface area contributed by atoms with Crippen LogP contribution in [0.15, 0.2) is 46.9 Å². The smallest absolute Gasteiger partial charge is 0.0582 e.